The topological polar surface area (TPSA) is 63.2 Å². The van der Waals surface area contributed by atoms with Crippen molar-refractivity contribution in [2.24, 2.45) is 0 Å². The zero-order valence-corrected chi connectivity index (χ0v) is 17.9. The van der Waals surface area contributed by atoms with Crippen LogP contribution in [0, 0.1) is 0 Å². The molecule has 31 heavy (non-hydrogen) atoms. The molecule has 1 aliphatic carbocycles. The number of anilines is 1. The molecule has 154 valence electrons. The number of pyridine rings is 1. The van der Waals surface area contributed by atoms with Crippen LogP contribution in [0.15, 0.2) is 54.6 Å². The number of fused-ring (bicyclic) bond motifs is 4. The molecule has 0 bridgehead atoms. The second-order valence-electron chi connectivity index (χ2n) is 7.94. The number of ether oxygens (including phenoxy) is 1. The number of nitrogens with one attached hydrogen (secondary N) is 2. The predicted molar refractivity (Wildman–Crippen MR) is 124 cm³/mol. The van der Waals surface area contributed by atoms with Crippen LogP contribution in [-0.2, 0) is 12.8 Å². The van der Waals surface area contributed by atoms with Gasteiger partial charge in [-0.1, -0.05) is 42.5 Å². The van der Waals surface area contributed by atoms with Crippen LogP contribution >= 0.6 is 11.3 Å². The fraction of sp³-hybridized carbons (Fsp3) is 0.200. The summed E-state index contributed by atoms with van der Waals surface area (Å²) in [4.78, 5) is 19.7. The molecule has 2 N–H and O–H groups in total. The van der Waals surface area contributed by atoms with Crippen molar-refractivity contribution in [1.29, 1.82) is 0 Å². The average molecular weight is 428 g/mol. The molecule has 1 aliphatic heterocycles. The zero-order valence-electron chi connectivity index (χ0n) is 17.1. The van der Waals surface area contributed by atoms with Crippen molar-refractivity contribution in [3.05, 3.63) is 76.3 Å². The molecule has 1 amide bonds. The van der Waals surface area contributed by atoms with Crippen molar-refractivity contribution in [2.45, 2.75) is 25.4 Å². The number of nitrogens with zero attached hydrogens (tertiary/aromatic N) is 1. The van der Waals surface area contributed by atoms with E-state index in [4.69, 9.17) is 9.72 Å². The van der Waals surface area contributed by atoms with Crippen LogP contribution in [0.3, 0.4) is 0 Å². The molecule has 4 aromatic rings. The minimum Gasteiger partial charge on any atom is -0.497 e. The Hall–Kier alpha value is -3.38. The van der Waals surface area contributed by atoms with Crippen LogP contribution in [0.4, 0.5) is 5.69 Å². The van der Waals surface area contributed by atoms with Gasteiger partial charge in [0, 0.05) is 11.1 Å². The maximum Gasteiger partial charge on any atom is 0.265 e. The zero-order chi connectivity index (χ0) is 20.9. The molecule has 0 unspecified atom stereocenters. The van der Waals surface area contributed by atoms with Crippen molar-refractivity contribution in [3.63, 3.8) is 0 Å². The molecule has 6 rings (SSSR count). The fourth-order valence-electron chi connectivity index (χ4n) is 4.68. The van der Waals surface area contributed by atoms with Crippen molar-refractivity contribution in [1.82, 2.24) is 10.3 Å². The molecule has 1 atom stereocenters. The van der Waals surface area contributed by atoms with Crippen molar-refractivity contribution in [2.75, 3.05) is 12.4 Å². The lowest BCUT2D eigenvalue weighted by atomic mass is 9.95. The molecule has 2 aromatic heterocycles. The summed E-state index contributed by atoms with van der Waals surface area (Å²) in [5.41, 5.74) is 6.79. The van der Waals surface area contributed by atoms with Gasteiger partial charge in [0.05, 0.1) is 12.8 Å². The van der Waals surface area contributed by atoms with E-state index in [-0.39, 0.29) is 12.1 Å². The number of carbonyl (C=O) groups is 1. The first-order valence-corrected chi connectivity index (χ1v) is 11.3. The molecule has 0 saturated carbocycles. The standard InChI is InChI=1S/C25H21N3O2S/c1-30-16-12-10-15(11-13-16)23-27-21-20-19(14-6-3-2-4-7-14)17-8-5-9-18(17)26-25(20)31-22(21)24(29)28-23/h2-4,6-7,10-13,23,27H,5,8-9H2,1H3,(H,28,29)/t23-/m0/s1. The molecule has 0 radical (unpaired) electrons. The van der Waals surface area contributed by atoms with Gasteiger partial charge in [-0.2, -0.15) is 0 Å². The van der Waals surface area contributed by atoms with E-state index in [0.717, 1.165) is 46.5 Å². The lowest BCUT2D eigenvalue weighted by molar-refractivity contribution is 0.0940. The Morgan fingerprint density at radius 1 is 1.03 bits per heavy atom. The molecule has 0 fully saturated rings. The third-order valence-corrected chi connectivity index (χ3v) is 7.23. The lowest BCUT2D eigenvalue weighted by Gasteiger charge is -2.27. The van der Waals surface area contributed by atoms with Crippen LogP contribution in [-0.4, -0.2) is 18.0 Å². The first kappa shape index (κ1) is 18.4. The SMILES string of the molecule is COc1ccc([C@@H]2NC(=O)c3sc4nc5c(c(-c6ccccc6)c4c3N2)CCC5)cc1. The van der Waals surface area contributed by atoms with E-state index in [1.165, 1.54) is 33.7 Å². The van der Waals surface area contributed by atoms with Crippen molar-refractivity contribution < 1.29 is 9.53 Å². The van der Waals surface area contributed by atoms with Gasteiger partial charge in [-0.05, 0) is 53.6 Å². The predicted octanol–water partition coefficient (Wildman–Crippen LogP) is 5.31. The Labute approximate surface area is 184 Å². The van der Waals surface area contributed by atoms with Gasteiger partial charge >= 0.3 is 0 Å². The first-order chi connectivity index (χ1) is 15.2. The van der Waals surface area contributed by atoms with Gasteiger partial charge < -0.3 is 15.4 Å². The molecule has 0 saturated heterocycles. The minimum atomic E-state index is -0.305. The summed E-state index contributed by atoms with van der Waals surface area (Å²) in [5.74, 6) is 0.732. The molecular weight excluding hydrogens is 406 g/mol. The molecule has 2 aromatic carbocycles. The normalized spacial score (nSPS) is 17.1. The van der Waals surface area contributed by atoms with E-state index in [2.05, 4.69) is 34.9 Å². The quantitative estimate of drug-likeness (QED) is 0.465. The summed E-state index contributed by atoms with van der Waals surface area (Å²) >= 11 is 1.48. The number of carbonyl (C=O) groups excluding carboxylic acids is 1. The molecule has 6 heteroatoms. The number of aromatic nitrogens is 1. The molecule has 0 spiro atoms. The monoisotopic (exact) mass is 427 g/mol. The maximum absolute atomic E-state index is 13.1. The highest BCUT2D eigenvalue weighted by Crippen LogP contribution is 2.47. The van der Waals surface area contributed by atoms with E-state index < -0.39 is 0 Å². The summed E-state index contributed by atoms with van der Waals surface area (Å²) in [5, 5.41) is 7.77. The first-order valence-electron chi connectivity index (χ1n) is 10.5. The maximum atomic E-state index is 13.1. The van der Waals surface area contributed by atoms with Crippen LogP contribution in [0.5, 0.6) is 5.75 Å². The second kappa shape index (κ2) is 7.10. The number of aryl methyl sites for hydroxylation is 1. The van der Waals surface area contributed by atoms with Gasteiger partial charge in [0.1, 0.15) is 21.6 Å². The highest BCUT2D eigenvalue weighted by Gasteiger charge is 2.32. The Bertz CT molecular complexity index is 1310. The van der Waals surface area contributed by atoms with Crippen LogP contribution in [0.2, 0.25) is 0 Å². The van der Waals surface area contributed by atoms with Gasteiger partial charge in [0.25, 0.3) is 5.91 Å². The minimum absolute atomic E-state index is 0.0586. The molecule has 3 heterocycles. The third-order valence-electron chi connectivity index (χ3n) is 6.15. The average Bonchev–Trinajstić information content (AvgIpc) is 3.43. The fourth-order valence-corrected chi connectivity index (χ4v) is 5.75. The van der Waals surface area contributed by atoms with E-state index in [9.17, 15) is 4.79 Å². The van der Waals surface area contributed by atoms with E-state index in [1.807, 2.05) is 30.3 Å². The lowest BCUT2D eigenvalue weighted by Crippen LogP contribution is -2.37. The second-order valence-corrected chi connectivity index (χ2v) is 8.94. The molecule has 5 nitrogen and oxygen atoms in total. The third kappa shape index (κ3) is 2.90. The largest absolute Gasteiger partial charge is 0.497 e. The van der Waals surface area contributed by atoms with Gasteiger partial charge in [0.15, 0.2) is 0 Å². The van der Waals surface area contributed by atoms with E-state index >= 15 is 0 Å². The Morgan fingerprint density at radius 2 is 1.84 bits per heavy atom. The van der Waals surface area contributed by atoms with Crippen LogP contribution in [0.1, 0.15) is 39.1 Å². The summed E-state index contributed by atoms with van der Waals surface area (Å²) in [6.45, 7) is 0. The molecule has 2 aliphatic rings. The number of hydrogen-bond acceptors (Lipinski definition) is 5. The number of benzene rings is 2. The highest BCUT2D eigenvalue weighted by molar-refractivity contribution is 7.21. The summed E-state index contributed by atoms with van der Waals surface area (Å²) in [6.07, 6.45) is 2.85. The van der Waals surface area contributed by atoms with Crippen LogP contribution in [0.25, 0.3) is 21.3 Å². The Kier molecular flexibility index (Phi) is 4.21. The summed E-state index contributed by atoms with van der Waals surface area (Å²) < 4.78 is 5.27. The highest BCUT2D eigenvalue weighted by atomic mass is 32.1. The van der Waals surface area contributed by atoms with Gasteiger partial charge in [-0.25, -0.2) is 4.98 Å². The number of rotatable bonds is 3. The summed E-state index contributed by atoms with van der Waals surface area (Å²) in [7, 11) is 1.65. The van der Waals surface area contributed by atoms with E-state index in [0.29, 0.717) is 4.88 Å². The number of amides is 1. The Balaban J connectivity index is 1.55. The summed E-state index contributed by atoms with van der Waals surface area (Å²) in [6, 6.07) is 18.3. The Morgan fingerprint density at radius 3 is 2.61 bits per heavy atom. The van der Waals surface area contributed by atoms with Gasteiger partial charge in [-0.15, -0.1) is 11.3 Å². The number of thiophene rings is 1. The number of methoxy groups -OCH3 is 1. The van der Waals surface area contributed by atoms with Crippen molar-refractivity contribution in [3.8, 4) is 16.9 Å². The smallest absolute Gasteiger partial charge is 0.265 e. The van der Waals surface area contributed by atoms with Crippen molar-refractivity contribution >= 4 is 33.1 Å². The van der Waals surface area contributed by atoms with Crippen LogP contribution < -0.4 is 15.4 Å². The molecular formula is C25H21N3O2S. The van der Waals surface area contributed by atoms with Gasteiger partial charge in [-0.3, -0.25) is 4.79 Å². The van der Waals surface area contributed by atoms with Gasteiger partial charge in [0.2, 0.25) is 0 Å². The number of hydrogen-bond donors (Lipinski definition) is 2. The van der Waals surface area contributed by atoms with E-state index in [1.54, 1.807) is 7.11 Å².